The number of nitrogens with zero attached hydrogens (tertiary/aromatic N) is 1. The van der Waals surface area contributed by atoms with Crippen LogP contribution in [0.1, 0.15) is 41.0 Å². The van der Waals surface area contributed by atoms with Gasteiger partial charge in [-0.25, -0.2) is 0 Å². The molecule has 0 atom stereocenters. The molecule has 0 bridgehead atoms. The van der Waals surface area contributed by atoms with Crippen molar-refractivity contribution in [3.63, 3.8) is 0 Å². The van der Waals surface area contributed by atoms with Crippen LogP contribution in [0, 0.1) is 0 Å². The van der Waals surface area contributed by atoms with E-state index in [1.54, 1.807) is 11.8 Å². The fourth-order valence-electron chi connectivity index (χ4n) is 1.43. The molecule has 0 fully saturated rings. The van der Waals surface area contributed by atoms with Crippen LogP contribution in [-0.4, -0.2) is 11.9 Å². The molecule has 2 nitrogen and oxygen atoms in total. The Morgan fingerprint density at radius 1 is 1.19 bits per heavy atom. The molecular weight excluding hydrogens is 198 g/mol. The van der Waals surface area contributed by atoms with E-state index in [9.17, 15) is 4.79 Å². The normalized spacial score (nSPS) is 9.38. The highest BCUT2D eigenvalue weighted by Gasteiger charge is 2.13. The molecule has 0 N–H and O–H groups in total. The maximum Gasteiger partial charge on any atom is 0.224 e. The Balaban J connectivity index is 0.000000673. The van der Waals surface area contributed by atoms with Crippen molar-refractivity contribution < 1.29 is 4.79 Å². The third-order valence-corrected chi connectivity index (χ3v) is 1.89. The van der Waals surface area contributed by atoms with E-state index in [1.807, 2.05) is 44.2 Å². The first kappa shape index (κ1) is 14.7. The summed E-state index contributed by atoms with van der Waals surface area (Å²) in [7, 11) is 0. The summed E-state index contributed by atoms with van der Waals surface area (Å²) in [5.41, 5.74) is 0.963. The molecule has 1 amide bonds. The minimum absolute atomic E-state index is 0.0844. The van der Waals surface area contributed by atoms with E-state index in [0.717, 1.165) is 5.69 Å². The van der Waals surface area contributed by atoms with E-state index in [2.05, 4.69) is 13.8 Å². The molecular formula is C14H23NO. The van der Waals surface area contributed by atoms with E-state index >= 15 is 0 Å². The highest BCUT2D eigenvalue weighted by Crippen LogP contribution is 2.15. The molecule has 0 aliphatic carbocycles. The van der Waals surface area contributed by atoms with Crippen LogP contribution in [0.15, 0.2) is 30.3 Å². The zero-order valence-corrected chi connectivity index (χ0v) is 11.0. The Labute approximate surface area is 99.3 Å². The predicted octanol–water partition coefficient (Wildman–Crippen LogP) is 3.86. The second-order valence-electron chi connectivity index (χ2n) is 4.03. The lowest BCUT2D eigenvalue weighted by molar-refractivity contribution is -0.116. The van der Waals surface area contributed by atoms with Gasteiger partial charge in [-0.05, 0) is 26.0 Å². The van der Waals surface area contributed by atoms with Gasteiger partial charge in [0.15, 0.2) is 0 Å². The van der Waals surface area contributed by atoms with Gasteiger partial charge in [0.1, 0.15) is 0 Å². The summed E-state index contributed by atoms with van der Waals surface area (Å²) in [4.78, 5) is 13.1. The number of amides is 1. The van der Waals surface area contributed by atoms with Gasteiger partial charge >= 0.3 is 0 Å². The number of hydrogen-bond acceptors (Lipinski definition) is 1. The van der Waals surface area contributed by atoms with E-state index in [4.69, 9.17) is 0 Å². The Morgan fingerprint density at radius 3 is 1.94 bits per heavy atom. The van der Waals surface area contributed by atoms with Crippen LogP contribution < -0.4 is 4.90 Å². The highest BCUT2D eigenvalue weighted by molar-refractivity contribution is 5.91. The molecule has 0 spiro atoms. The third kappa shape index (κ3) is 4.96. The smallest absolute Gasteiger partial charge is 0.224 e. The number of para-hydroxylation sites is 1. The second-order valence-corrected chi connectivity index (χ2v) is 4.03. The summed E-state index contributed by atoms with van der Waals surface area (Å²) in [6.07, 6.45) is 1.25. The van der Waals surface area contributed by atoms with Gasteiger partial charge in [0, 0.05) is 18.7 Å². The maximum absolute atomic E-state index is 11.3. The summed E-state index contributed by atoms with van der Waals surface area (Å²) in [6, 6.07) is 9.92. The fraction of sp³-hybridized carbons (Fsp3) is 0.500. The molecule has 2 heteroatoms. The number of benzene rings is 1. The van der Waals surface area contributed by atoms with Gasteiger partial charge in [-0.1, -0.05) is 38.5 Å². The zero-order valence-electron chi connectivity index (χ0n) is 11.0. The molecule has 0 unspecified atom stereocenters. The molecule has 0 heterocycles. The predicted molar refractivity (Wildman–Crippen MR) is 70.7 cm³/mol. The van der Waals surface area contributed by atoms with Crippen molar-refractivity contribution in [3.05, 3.63) is 30.3 Å². The molecule has 1 aromatic carbocycles. The number of carbonyl (C=O) groups is 1. The lowest BCUT2D eigenvalue weighted by Gasteiger charge is -2.25. The van der Waals surface area contributed by atoms with Crippen molar-refractivity contribution in [3.8, 4) is 0 Å². The lowest BCUT2D eigenvalue weighted by atomic mass is 10.2. The molecule has 0 aliphatic rings. The van der Waals surface area contributed by atoms with Crippen molar-refractivity contribution in [2.75, 3.05) is 4.90 Å². The SMILES string of the molecule is CC(=O)N(c1ccccc1)C(C)C.CCC. The molecule has 1 aromatic rings. The van der Waals surface area contributed by atoms with Gasteiger partial charge in [0.05, 0.1) is 0 Å². The summed E-state index contributed by atoms with van der Waals surface area (Å²) >= 11 is 0. The van der Waals surface area contributed by atoms with Crippen molar-refractivity contribution in [1.82, 2.24) is 0 Å². The number of anilines is 1. The van der Waals surface area contributed by atoms with Crippen molar-refractivity contribution >= 4 is 11.6 Å². The van der Waals surface area contributed by atoms with Crippen LogP contribution in [0.25, 0.3) is 0 Å². The third-order valence-electron chi connectivity index (χ3n) is 1.89. The number of hydrogen-bond donors (Lipinski definition) is 0. The molecule has 0 aliphatic heterocycles. The standard InChI is InChI=1S/C11H15NO.C3H8/c1-9(2)12(10(3)13)11-7-5-4-6-8-11;1-3-2/h4-9H,1-3H3;3H2,1-2H3. The minimum atomic E-state index is 0.0844. The first-order valence-corrected chi connectivity index (χ1v) is 5.89. The number of carbonyl (C=O) groups excluding carboxylic acids is 1. The first-order chi connectivity index (χ1) is 7.54. The van der Waals surface area contributed by atoms with Gasteiger partial charge in [-0.3, -0.25) is 4.79 Å². The van der Waals surface area contributed by atoms with Crippen LogP contribution in [0.5, 0.6) is 0 Å². The molecule has 0 saturated carbocycles. The molecule has 1 rings (SSSR count). The lowest BCUT2D eigenvalue weighted by Crippen LogP contribution is -2.34. The first-order valence-electron chi connectivity index (χ1n) is 5.89. The Hall–Kier alpha value is -1.31. The summed E-state index contributed by atoms with van der Waals surface area (Å²) in [5.74, 6) is 0.0844. The van der Waals surface area contributed by atoms with Gasteiger partial charge in [-0.15, -0.1) is 0 Å². The molecule has 90 valence electrons. The molecule has 0 saturated heterocycles. The van der Waals surface area contributed by atoms with Crippen molar-refractivity contribution in [2.45, 2.75) is 47.1 Å². The largest absolute Gasteiger partial charge is 0.310 e. The number of rotatable bonds is 2. The van der Waals surface area contributed by atoms with E-state index < -0.39 is 0 Å². The van der Waals surface area contributed by atoms with Crippen molar-refractivity contribution in [1.29, 1.82) is 0 Å². The average molecular weight is 221 g/mol. The Bertz CT molecular complexity index is 293. The van der Waals surface area contributed by atoms with E-state index in [0.29, 0.717) is 0 Å². The highest BCUT2D eigenvalue weighted by atomic mass is 16.2. The fourth-order valence-corrected chi connectivity index (χ4v) is 1.43. The van der Waals surface area contributed by atoms with Gasteiger partial charge in [0.25, 0.3) is 0 Å². The summed E-state index contributed by atoms with van der Waals surface area (Å²) < 4.78 is 0. The van der Waals surface area contributed by atoms with E-state index in [-0.39, 0.29) is 11.9 Å². The average Bonchev–Trinajstić information content (AvgIpc) is 2.19. The van der Waals surface area contributed by atoms with Gasteiger partial charge in [0.2, 0.25) is 5.91 Å². The Morgan fingerprint density at radius 2 is 1.62 bits per heavy atom. The zero-order chi connectivity index (χ0) is 12.6. The van der Waals surface area contributed by atoms with Gasteiger partial charge in [-0.2, -0.15) is 0 Å². The van der Waals surface area contributed by atoms with Gasteiger partial charge < -0.3 is 4.90 Å². The molecule has 16 heavy (non-hydrogen) atoms. The second kappa shape index (κ2) is 7.91. The summed E-state index contributed by atoms with van der Waals surface area (Å²) in [5, 5.41) is 0. The van der Waals surface area contributed by atoms with Crippen LogP contribution in [0.4, 0.5) is 5.69 Å². The molecule has 0 radical (unpaired) electrons. The monoisotopic (exact) mass is 221 g/mol. The van der Waals surface area contributed by atoms with Crippen LogP contribution in [-0.2, 0) is 4.79 Å². The molecule has 0 aromatic heterocycles. The van der Waals surface area contributed by atoms with Crippen molar-refractivity contribution in [2.24, 2.45) is 0 Å². The van der Waals surface area contributed by atoms with E-state index in [1.165, 1.54) is 6.42 Å². The maximum atomic E-state index is 11.3. The quantitative estimate of drug-likeness (QED) is 0.742. The van der Waals surface area contributed by atoms with Crippen LogP contribution in [0.2, 0.25) is 0 Å². The van der Waals surface area contributed by atoms with Crippen LogP contribution in [0.3, 0.4) is 0 Å². The minimum Gasteiger partial charge on any atom is -0.310 e. The Kier molecular flexibility index (Phi) is 7.27. The van der Waals surface area contributed by atoms with Crippen LogP contribution >= 0.6 is 0 Å². The summed E-state index contributed by atoms with van der Waals surface area (Å²) in [6.45, 7) is 9.86. The topological polar surface area (TPSA) is 20.3 Å².